The molecule has 0 aliphatic heterocycles. The number of ketones is 1. The smallest absolute Gasteiger partial charge is 0.313 e. The number of esters is 2. The van der Waals surface area contributed by atoms with E-state index in [1.54, 1.807) is 24.3 Å². The summed E-state index contributed by atoms with van der Waals surface area (Å²) >= 11 is 0. The molecule has 0 amide bonds. The third-order valence-corrected chi connectivity index (χ3v) is 2.80. The van der Waals surface area contributed by atoms with Crippen LogP contribution in [0.5, 0.6) is 0 Å². The Labute approximate surface area is 111 Å². The molecule has 0 heterocycles. The minimum Gasteiger partial charge on any atom is -0.469 e. The number of carbonyl (C=O) groups excluding carboxylic acids is 3. The van der Waals surface area contributed by atoms with Crippen molar-refractivity contribution in [2.75, 3.05) is 14.2 Å². The SMILES string of the molecule is COC(=O)CC(C(=O)OC)c1ccc(C(C)=O)cc1. The molecule has 1 unspecified atom stereocenters. The highest BCUT2D eigenvalue weighted by Gasteiger charge is 2.25. The van der Waals surface area contributed by atoms with Gasteiger partial charge in [-0.25, -0.2) is 0 Å². The van der Waals surface area contributed by atoms with Crippen LogP contribution < -0.4 is 0 Å². The molecule has 1 aromatic carbocycles. The molecular formula is C14H16O5. The van der Waals surface area contributed by atoms with E-state index in [0.29, 0.717) is 11.1 Å². The van der Waals surface area contributed by atoms with Gasteiger partial charge in [0.2, 0.25) is 0 Å². The summed E-state index contributed by atoms with van der Waals surface area (Å²) in [5, 5.41) is 0. The second-order valence-electron chi connectivity index (χ2n) is 4.03. The minimum atomic E-state index is -0.724. The maximum absolute atomic E-state index is 11.7. The van der Waals surface area contributed by atoms with Gasteiger partial charge in [0.15, 0.2) is 5.78 Å². The molecule has 0 bridgehead atoms. The van der Waals surface area contributed by atoms with Crippen LogP contribution in [0.4, 0.5) is 0 Å². The summed E-state index contributed by atoms with van der Waals surface area (Å²) in [5.74, 6) is -1.79. The Morgan fingerprint density at radius 1 is 1.05 bits per heavy atom. The Bertz CT molecular complexity index is 475. The highest BCUT2D eigenvalue weighted by Crippen LogP contribution is 2.22. The van der Waals surface area contributed by atoms with Crippen molar-refractivity contribution in [2.24, 2.45) is 0 Å². The maximum atomic E-state index is 11.7. The van der Waals surface area contributed by atoms with E-state index < -0.39 is 17.9 Å². The molecule has 0 saturated heterocycles. The number of Topliss-reactive ketones (excluding diaryl/α,β-unsaturated/α-hetero) is 1. The summed E-state index contributed by atoms with van der Waals surface area (Å²) in [7, 11) is 2.52. The molecule has 0 saturated carbocycles. The van der Waals surface area contributed by atoms with E-state index in [2.05, 4.69) is 9.47 Å². The molecule has 5 heteroatoms. The highest BCUT2D eigenvalue weighted by molar-refractivity contribution is 5.94. The summed E-state index contributed by atoms with van der Waals surface area (Å²) in [6.07, 6.45) is -0.0947. The van der Waals surface area contributed by atoms with Gasteiger partial charge in [-0.1, -0.05) is 24.3 Å². The fourth-order valence-corrected chi connectivity index (χ4v) is 1.68. The molecule has 0 N–H and O–H groups in total. The lowest BCUT2D eigenvalue weighted by molar-refractivity contribution is -0.149. The standard InChI is InChI=1S/C14H16O5/c1-9(15)10-4-6-11(7-5-10)12(14(17)19-3)8-13(16)18-2/h4-7,12H,8H2,1-3H3. The molecule has 5 nitrogen and oxygen atoms in total. The highest BCUT2D eigenvalue weighted by atomic mass is 16.5. The van der Waals surface area contributed by atoms with Crippen LogP contribution in [-0.4, -0.2) is 31.9 Å². The molecule has 0 spiro atoms. The van der Waals surface area contributed by atoms with Crippen LogP contribution in [0, 0.1) is 0 Å². The first-order chi connectivity index (χ1) is 8.99. The zero-order valence-electron chi connectivity index (χ0n) is 11.1. The first-order valence-electron chi connectivity index (χ1n) is 5.75. The molecule has 19 heavy (non-hydrogen) atoms. The molecule has 1 rings (SSSR count). The van der Waals surface area contributed by atoms with E-state index in [0.717, 1.165) is 0 Å². The van der Waals surface area contributed by atoms with Crippen molar-refractivity contribution in [1.82, 2.24) is 0 Å². The van der Waals surface area contributed by atoms with Crippen LogP contribution in [-0.2, 0) is 19.1 Å². The lowest BCUT2D eigenvalue weighted by Gasteiger charge is -2.14. The van der Waals surface area contributed by atoms with Gasteiger partial charge < -0.3 is 9.47 Å². The fourth-order valence-electron chi connectivity index (χ4n) is 1.68. The molecule has 102 valence electrons. The monoisotopic (exact) mass is 264 g/mol. The molecule has 0 aromatic heterocycles. The molecule has 1 aromatic rings. The topological polar surface area (TPSA) is 69.7 Å². The molecule has 0 radical (unpaired) electrons. The molecule has 0 aliphatic carbocycles. The van der Waals surface area contributed by atoms with E-state index in [4.69, 9.17) is 0 Å². The van der Waals surface area contributed by atoms with Crippen molar-refractivity contribution >= 4 is 17.7 Å². The van der Waals surface area contributed by atoms with Crippen molar-refractivity contribution in [3.8, 4) is 0 Å². The fraction of sp³-hybridized carbons (Fsp3) is 0.357. The van der Waals surface area contributed by atoms with E-state index in [9.17, 15) is 14.4 Å². The number of rotatable bonds is 5. The van der Waals surface area contributed by atoms with Gasteiger partial charge in [-0.05, 0) is 12.5 Å². The van der Waals surface area contributed by atoms with E-state index in [-0.39, 0.29) is 12.2 Å². The molecular weight excluding hydrogens is 248 g/mol. The van der Waals surface area contributed by atoms with Crippen LogP contribution in [0.2, 0.25) is 0 Å². The zero-order chi connectivity index (χ0) is 14.4. The van der Waals surface area contributed by atoms with Crippen molar-refractivity contribution < 1.29 is 23.9 Å². The van der Waals surface area contributed by atoms with Gasteiger partial charge in [0, 0.05) is 5.56 Å². The number of methoxy groups -OCH3 is 2. The Balaban J connectivity index is 3.00. The van der Waals surface area contributed by atoms with Gasteiger partial charge in [0.1, 0.15) is 0 Å². The largest absolute Gasteiger partial charge is 0.469 e. The number of benzene rings is 1. The Kier molecular flexibility index (Phi) is 5.23. The summed E-state index contributed by atoms with van der Waals surface area (Å²) < 4.78 is 9.23. The van der Waals surface area contributed by atoms with Crippen LogP contribution in [0.1, 0.15) is 35.2 Å². The predicted octanol–water partition coefficient (Wildman–Crippen LogP) is 1.71. The van der Waals surface area contributed by atoms with Crippen molar-refractivity contribution in [3.63, 3.8) is 0 Å². The Morgan fingerprint density at radius 3 is 2.05 bits per heavy atom. The molecule has 1 atom stereocenters. The van der Waals surface area contributed by atoms with Crippen molar-refractivity contribution in [2.45, 2.75) is 19.3 Å². The Morgan fingerprint density at radius 2 is 1.63 bits per heavy atom. The van der Waals surface area contributed by atoms with Gasteiger partial charge in [0.05, 0.1) is 26.6 Å². The molecule has 0 aliphatic rings. The second-order valence-corrected chi connectivity index (χ2v) is 4.03. The summed E-state index contributed by atoms with van der Waals surface area (Å²) in [6.45, 7) is 1.46. The lowest BCUT2D eigenvalue weighted by atomic mass is 9.94. The number of carbonyl (C=O) groups is 3. The quantitative estimate of drug-likeness (QED) is 0.598. The van der Waals surface area contributed by atoms with Gasteiger partial charge >= 0.3 is 11.9 Å². The second kappa shape index (κ2) is 6.68. The van der Waals surface area contributed by atoms with E-state index >= 15 is 0 Å². The van der Waals surface area contributed by atoms with Crippen LogP contribution in [0.3, 0.4) is 0 Å². The summed E-state index contributed by atoms with van der Waals surface area (Å²) in [4.78, 5) is 34.2. The number of hydrogen-bond donors (Lipinski definition) is 0. The van der Waals surface area contributed by atoms with Crippen molar-refractivity contribution in [3.05, 3.63) is 35.4 Å². The van der Waals surface area contributed by atoms with Gasteiger partial charge in [-0.2, -0.15) is 0 Å². The average Bonchev–Trinajstić information content (AvgIpc) is 2.43. The van der Waals surface area contributed by atoms with Crippen LogP contribution >= 0.6 is 0 Å². The third-order valence-electron chi connectivity index (χ3n) is 2.80. The first-order valence-corrected chi connectivity index (χ1v) is 5.75. The maximum Gasteiger partial charge on any atom is 0.313 e. The zero-order valence-corrected chi connectivity index (χ0v) is 11.1. The third kappa shape index (κ3) is 3.91. The number of ether oxygens (including phenoxy) is 2. The van der Waals surface area contributed by atoms with E-state index in [1.165, 1.54) is 21.1 Å². The van der Waals surface area contributed by atoms with Gasteiger partial charge in [-0.3, -0.25) is 14.4 Å². The van der Waals surface area contributed by atoms with Gasteiger partial charge in [0.25, 0.3) is 0 Å². The number of hydrogen-bond acceptors (Lipinski definition) is 5. The van der Waals surface area contributed by atoms with Crippen LogP contribution in [0.15, 0.2) is 24.3 Å². The summed E-state index contributed by atoms with van der Waals surface area (Å²) in [5.41, 5.74) is 1.16. The first kappa shape index (κ1) is 14.9. The molecule has 0 fully saturated rings. The van der Waals surface area contributed by atoms with E-state index in [1.807, 2.05) is 0 Å². The lowest BCUT2D eigenvalue weighted by Crippen LogP contribution is -2.19. The predicted molar refractivity (Wildman–Crippen MR) is 67.8 cm³/mol. The van der Waals surface area contributed by atoms with Crippen LogP contribution in [0.25, 0.3) is 0 Å². The normalized spacial score (nSPS) is 11.5. The average molecular weight is 264 g/mol. The Hall–Kier alpha value is -2.17. The minimum absolute atomic E-state index is 0.0610. The summed E-state index contributed by atoms with van der Waals surface area (Å²) in [6, 6.07) is 6.51. The van der Waals surface area contributed by atoms with Crippen molar-refractivity contribution in [1.29, 1.82) is 0 Å². The van der Waals surface area contributed by atoms with Gasteiger partial charge in [-0.15, -0.1) is 0 Å².